The van der Waals surface area contributed by atoms with Gasteiger partial charge in [-0.05, 0) is 6.08 Å². The number of fused-ring (bicyclic) bond motifs is 3. The van der Waals surface area contributed by atoms with Crippen molar-refractivity contribution in [3.63, 3.8) is 0 Å². The van der Waals surface area contributed by atoms with Crippen LogP contribution >= 0.6 is 0 Å². The fraction of sp³-hybridized carbons (Fsp3) is 0.158. The van der Waals surface area contributed by atoms with Gasteiger partial charge in [-0.15, -0.1) is 0 Å². The highest BCUT2D eigenvalue weighted by atomic mass is 16.7. The van der Waals surface area contributed by atoms with Gasteiger partial charge in [-0.3, -0.25) is 4.90 Å². The van der Waals surface area contributed by atoms with Gasteiger partial charge in [0.1, 0.15) is 0 Å². The highest BCUT2D eigenvalue weighted by Crippen LogP contribution is 2.35. The predicted octanol–water partition coefficient (Wildman–Crippen LogP) is 2.95. The molecule has 3 aliphatic heterocycles. The third-order valence-electron chi connectivity index (χ3n) is 4.51. The van der Waals surface area contributed by atoms with Crippen LogP contribution in [0, 0.1) is 5.92 Å². The zero-order valence-electron chi connectivity index (χ0n) is 12.8. The molecule has 1 unspecified atom stereocenters. The van der Waals surface area contributed by atoms with Crippen LogP contribution in [0.1, 0.15) is 11.1 Å². The van der Waals surface area contributed by atoms with Crippen LogP contribution in [-0.2, 0) is 9.68 Å². The number of hydrogen-bond acceptors (Lipinski definition) is 5. The second-order valence-corrected chi connectivity index (χ2v) is 5.93. The monoisotopic (exact) mass is 317 g/mol. The molecule has 2 aromatic rings. The van der Waals surface area contributed by atoms with Crippen molar-refractivity contribution in [2.24, 2.45) is 16.2 Å². The first kappa shape index (κ1) is 13.4. The first-order valence-electron chi connectivity index (χ1n) is 7.97. The van der Waals surface area contributed by atoms with Gasteiger partial charge < -0.3 is 9.68 Å². The van der Waals surface area contributed by atoms with E-state index in [2.05, 4.69) is 33.4 Å². The maximum absolute atomic E-state index is 5.79. The molecule has 3 aliphatic rings. The van der Waals surface area contributed by atoms with Gasteiger partial charge >= 0.3 is 0 Å². The zero-order chi connectivity index (χ0) is 15.9. The van der Waals surface area contributed by atoms with Crippen LogP contribution in [0.5, 0.6) is 0 Å². The van der Waals surface area contributed by atoms with Crippen molar-refractivity contribution in [2.45, 2.75) is 12.5 Å². The second kappa shape index (κ2) is 5.23. The lowest BCUT2D eigenvalue weighted by Crippen LogP contribution is -2.49. The molecule has 0 aliphatic carbocycles. The second-order valence-electron chi connectivity index (χ2n) is 5.93. The molecule has 5 heteroatoms. The van der Waals surface area contributed by atoms with Crippen LogP contribution in [0.3, 0.4) is 0 Å². The normalized spacial score (nSPS) is 26.8. The Morgan fingerprint density at radius 3 is 2.21 bits per heavy atom. The quantitative estimate of drug-likeness (QED) is 0.800. The van der Waals surface area contributed by atoms with Gasteiger partial charge in [-0.1, -0.05) is 77.1 Å². The van der Waals surface area contributed by atoms with Crippen molar-refractivity contribution in [3.05, 3.63) is 83.9 Å². The van der Waals surface area contributed by atoms with Crippen molar-refractivity contribution >= 4 is 11.5 Å². The minimum atomic E-state index is -0.244. The van der Waals surface area contributed by atoms with Gasteiger partial charge in [0.25, 0.3) is 0 Å². The molecule has 3 atom stereocenters. The molecule has 0 spiro atoms. The van der Waals surface area contributed by atoms with Crippen molar-refractivity contribution in [2.75, 3.05) is 0 Å². The molecule has 5 nitrogen and oxygen atoms in total. The maximum Gasteiger partial charge on any atom is 0.223 e. The molecular formula is C19H15N3O2. The van der Waals surface area contributed by atoms with E-state index < -0.39 is 0 Å². The molecule has 24 heavy (non-hydrogen) atoms. The number of benzene rings is 2. The third kappa shape index (κ3) is 1.94. The Balaban J connectivity index is 1.50. The van der Waals surface area contributed by atoms with Gasteiger partial charge in [0.2, 0.25) is 12.5 Å². The molecule has 3 heterocycles. The predicted molar refractivity (Wildman–Crippen MR) is 90.2 cm³/mol. The Kier molecular flexibility index (Phi) is 2.91. The minimum absolute atomic E-state index is 0.0549. The number of rotatable bonds is 2. The van der Waals surface area contributed by atoms with Crippen LogP contribution < -0.4 is 0 Å². The van der Waals surface area contributed by atoms with Crippen LogP contribution in [0.4, 0.5) is 0 Å². The summed E-state index contributed by atoms with van der Waals surface area (Å²) in [5.41, 5.74) is 3.02. The minimum Gasteiger partial charge on any atom is -0.369 e. The van der Waals surface area contributed by atoms with E-state index >= 15 is 0 Å². The third-order valence-corrected chi connectivity index (χ3v) is 4.51. The number of amidine groups is 1. The smallest absolute Gasteiger partial charge is 0.223 e. The van der Waals surface area contributed by atoms with E-state index in [-0.39, 0.29) is 18.4 Å². The van der Waals surface area contributed by atoms with Gasteiger partial charge in [0, 0.05) is 11.1 Å². The summed E-state index contributed by atoms with van der Waals surface area (Å²) in [6.45, 7) is 0. The maximum atomic E-state index is 5.79. The zero-order valence-corrected chi connectivity index (χ0v) is 12.8. The lowest BCUT2D eigenvalue weighted by molar-refractivity contribution is -0.0795. The topological polar surface area (TPSA) is 46.4 Å². The highest BCUT2D eigenvalue weighted by molar-refractivity contribution is 6.05. The number of hydrogen-bond donors (Lipinski definition) is 0. The average Bonchev–Trinajstić information content (AvgIpc) is 3.27. The summed E-state index contributed by atoms with van der Waals surface area (Å²) in [7, 11) is 0. The van der Waals surface area contributed by atoms with E-state index in [1.54, 1.807) is 0 Å². The lowest BCUT2D eigenvalue weighted by atomic mass is 9.92. The molecule has 118 valence electrons. The van der Waals surface area contributed by atoms with Crippen molar-refractivity contribution < 1.29 is 9.68 Å². The van der Waals surface area contributed by atoms with E-state index in [0.717, 1.165) is 22.7 Å². The van der Waals surface area contributed by atoms with Crippen LogP contribution in [-0.4, -0.2) is 28.9 Å². The molecule has 0 saturated heterocycles. The van der Waals surface area contributed by atoms with E-state index in [9.17, 15) is 0 Å². The largest absolute Gasteiger partial charge is 0.369 e. The van der Waals surface area contributed by atoms with E-state index in [1.807, 2.05) is 54.6 Å². The first-order chi connectivity index (χ1) is 11.9. The molecule has 5 rings (SSSR count). The Bertz CT molecular complexity index is 845. The van der Waals surface area contributed by atoms with Gasteiger partial charge in [0.05, 0.1) is 11.6 Å². The van der Waals surface area contributed by atoms with Crippen molar-refractivity contribution in [3.8, 4) is 0 Å². The summed E-state index contributed by atoms with van der Waals surface area (Å²) in [6, 6.07) is 20.1. The summed E-state index contributed by atoms with van der Waals surface area (Å²) in [5, 5.41) is 8.62. The first-order valence-corrected chi connectivity index (χ1v) is 7.97. The summed E-state index contributed by atoms with van der Waals surface area (Å²) in [4.78, 5) is 13.4. The summed E-state index contributed by atoms with van der Waals surface area (Å²) < 4.78 is 0. The Labute approximate surface area is 139 Å². The molecule has 0 N–H and O–H groups in total. The van der Waals surface area contributed by atoms with Crippen LogP contribution in [0.2, 0.25) is 0 Å². The van der Waals surface area contributed by atoms with E-state index in [4.69, 9.17) is 9.68 Å². The Morgan fingerprint density at radius 2 is 1.46 bits per heavy atom. The molecule has 2 aromatic carbocycles. The molecule has 0 saturated carbocycles. The number of nitrogens with zero attached hydrogens (tertiary/aromatic N) is 3. The van der Waals surface area contributed by atoms with Gasteiger partial charge in [0.15, 0.2) is 5.84 Å². The fourth-order valence-electron chi connectivity index (χ4n) is 3.36. The average molecular weight is 317 g/mol. The van der Waals surface area contributed by atoms with Gasteiger partial charge in [-0.2, -0.15) is 0 Å². The van der Waals surface area contributed by atoms with Crippen LogP contribution in [0.25, 0.3) is 0 Å². The molecular weight excluding hydrogens is 302 g/mol. The SMILES string of the molecule is C1=C[C@H]2C(c3ccccc3)=NO[C@@H]2N2C(c3ccccc3)=NOC12. The highest BCUT2D eigenvalue weighted by Gasteiger charge is 2.47. The standard InChI is InChI=1S/C19H15N3O2/c1-3-7-13(8-4-1)17-15-11-12-16-22(19(15)24-20-17)18(21-23-16)14-9-5-2-6-10-14/h1-12,15-16,19H/t15-,16?,19-/m0/s1. The molecule has 0 radical (unpaired) electrons. The summed E-state index contributed by atoms with van der Waals surface area (Å²) in [6.07, 6.45) is 3.64. The molecule has 0 aromatic heterocycles. The number of oxime groups is 2. The Morgan fingerprint density at radius 1 is 0.750 bits per heavy atom. The summed E-state index contributed by atoms with van der Waals surface area (Å²) in [5.74, 6) is 0.837. The molecule has 0 bridgehead atoms. The van der Waals surface area contributed by atoms with Crippen molar-refractivity contribution in [1.29, 1.82) is 0 Å². The Hall–Kier alpha value is -3.08. The lowest BCUT2D eigenvalue weighted by Gasteiger charge is -2.33. The van der Waals surface area contributed by atoms with Crippen LogP contribution in [0.15, 0.2) is 83.1 Å². The molecule has 0 amide bonds. The van der Waals surface area contributed by atoms with E-state index in [1.165, 1.54) is 0 Å². The summed E-state index contributed by atoms with van der Waals surface area (Å²) >= 11 is 0. The van der Waals surface area contributed by atoms with Crippen molar-refractivity contribution in [1.82, 2.24) is 4.90 Å². The molecule has 0 fully saturated rings. The fourth-order valence-corrected chi connectivity index (χ4v) is 3.36. The van der Waals surface area contributed by atoms with E-state index in [0.29, 0.717) is 0 Å². The van der Waals surface area contributed by atoms with Gasteiger partial charge in [-0.25, -0.2) is 0 Å².